The fraction of sp³-hybridized carbons (Fsp3) is 0.273. The van der Waals surface area contributed by atoms with E-state index in [4.69, 9.17) is 0 Å². The smallest absolute Gasteiger partial charge is 0.223 e. The highest BCUT2D eigenvalue weighted by Gasteiger charge is 2.27. The number of thiophene rings is 1. The highest BCUT2D eigenvalue weighted by Crippen LogP contribution is 2.39. The van der Waals surface area contributed by atoms with E-state index in [-0.39, 0.29) is 17.6 Å². The molecule has 1 aromatic carbocycles. The quantitative estimate of drug-likeness (QED) is 0.541. The summed E-state index contributed by atoms with van der Waals surface area (Å²) in [4.78, 5) is 27.8. The van der Waals surface area contributed by atoms with Crippen molar-refractivity contribution in [1.29, 1.82) is 0 Å². The molecule has 30 heavy (non-hydrogen) atoms. The number of anilines is 1. The highest BCUT2D eigenvalue weighted by atomic mass is 32.1. The number of aromatic nitrogens is 3. The van der Waals surface area contributed by atoms with Crippen LogP contribution in [0.1, 0.15) is 18.5 Å². The number of pyridine rings is 1. The van der Waals surface area contributed by atoms with Crippen LogP contribution < -0.4 is 10.2 Å². The summed E-state index contributed by atoms with van der Waals surface area (Å²) in [7, 11) is 0. The Morgan fingerprint density at radius 2 is 2.00 bits per heavy atom. The average Bonchev–Trinajstić information content (AvgIpc) is 3.18. The average molecular weight is 422 g/mol. The van der Waals surface area contributed by atoms with Crippen LogP contribution in [-0.4, -0.2) is 33.9 Å². The second-order valence-corrected chi connectivity index (χ2v) is 8.44. The Hall–Kier alpha value is -3.13. The number of benzene rings is 1. The predicted octanol–water partition coefficient (Wildman–Crippen LogP) is 3.91. The van der Waals surface area contributed by atoms with Crippen molar-refractivity contribution in [2.75, 3.05) is 18.0 Å². The van der Waals surface area contributed by atoms with Crippen LogP contribution in [0.2, 0.25) is 0 Å². The van der Waals surface area contributed by atoms with Gasteiger partial charge in [0.05, 0.1) is 27.8 Å². The molecule has 4 heterocycles. The van der Waals surface area contributed by atoms with Gasteiger partial charge in [-0.25, -0.2) is 14.4 Å². The van der Waals surface area contributed by atoms with Crippen LogP contribution in [0, 0.1) is 11.7 Å². The number of rotatable bonds is 4. The van der Waals surface area contributed by atoms with Crippen LogP contribution in [0.15, 0.2) is 48.9 Å². The minimum Gasteiger partial charge on any atom is -0.355 e. The molecule has 0 aliphatic carbocycles. The summed E-state index contributed by atoms with van der Waals surface area (Å²) in [6.07, 6.45) is 4.72. The number of hydrogen-bond donors (Lipinski definition) is 1. The third-order valence-corrected chi connectivity index (χ3v) is 6.68. The largest absolute Gasteiger partial charge is 0.355 e. The van der Waals surface area contributed by atoms with Gasteiger partial charge in [0.25, 0.3) is 0 Å². The third kappa shape index (κ3) is 3.47. The summed E-state index contributed by atoms with van der Waals surface area (Å²) in [5, 5.41) is 3.55. The van der Waals surface area contributed by atoms with Gasteiger partial charge in [-0.3, -0.25) is 9.78 Å². The number of amides is 1. The van der Waals surface area contributed by atoms with Gasteiger partial charge in [-0.1, -0.05) is 12.1 Å². The van der Waals surface area contributed by atoms with Crippen molar-refractivity contribution in [3.05, 3.63) is 60.4 Å². The molecule has 1 aliphatic heterocycles. The molecule has 0 radical (unpaired) electrons. The van der Waals surface area contributed by atoms with E-state index in [1.165, 1.54) is 23.7 Å². The topological polar surface area (TPSA) is 71.0 Å². The number of fused-ring (bicyclic) bond motifs is 3. The van der Waals surface area contributed by atoms with Crippen molar-refractivity contribution in [2.45, 2.75) is 19.4 Å². The summed E-state index contributed by atoms with van der Waals surface area (Å²) >= 11 is 1.52. The highest BCUT2D eigenvalue weighted by molar-refractivity contribution is 7.26. The van der Waals surface area contributed by atoms with E-state index in [0.717, 1.165) is 46.8 Å². The van der Waals surface area contributed by atoms with Gasteiger partial charge in [-0.05, 0) is 37.1 Å². The van der Waals surface area contributed by atoms with E-state index in [2.05, 4.69) is 25.2 Å². The van der Waals surface area contributed by atoms with Gasteiger partial charge in [0.2, 0.25) is 5.91 Å². The van der Waals surface area contributed by atoms with Crippen molar-refractivity contribution in [1.82, 2.24) is 20.3 Å². The minimum atomic E-state index is -0.258. The number of halogens is 1. The predicted molar refractivity (Wildman–Crippen MR) is 116 cm³/mol. The molecule has 0 bridgehead atoms. The lowest BCUT2D eigenvalue weighted by Crippen LogP contribution is -2.40. The van der Waals surface area contributed by atoms with E-state index < -0.39 is 0 Å². The van der Waals surface area contributed by atoms with Crippen LogP contribution in [0.5, 0.6) is 0 Å². The van der Waals surface area contributed by atoms with Crippen LogP contribution in [0.3, 0.4) is 0 Å². The molecule has 1 N–H and O–H groups in total. The number of piperidine rings is 1. The first-order valence-electron chi connectivity index (χ1n) is 9.95. The van der Waals surface area contributed by atoms with E-state index in [0.29, 0.717) is 17.4 Å². The summed E-state index contributed by atoms with van der Waals surface area (Å²) in [6, 6.07) is 10.8. The van der Waals surface area contributed by atoms with Crippen molar-refractivity contribution in [3.8, 4) is 0 Å². The maximum absolute atomic E-state index is 14.3. The Morgan fingerprint density at radius 3 is 2.80 bits per heavy atom. The molecule has 0 atom stereocenters. The molecule has 1 fully saturated rings. The molecule has 0 saturated carbocycles. The van der Waals surface area contributed by atoms with Gasteiger partial charge >= 0.3 is 0 Å². The second kappa shape index (κ2) is 7.95. The summed E-state index contributed by atoms with van der Waals surface area (Å²) < 4.78 is 16.1. The summed E-state index contributed by atoms with van der Waals surface area (Å²) in [5.74, 6) is 0.610. The number of nitrogens with one attached hydrogen (secondary N) is 1. The van der Waals surface area contributed by atoms with Crippen molar-refractivity contribution < 1.29 is 9.18 Å². The molecular formula is C22H20FN5OS. The number of carbonyl (C=O) groups excluding carboxylic acids is 1. The normalized spacial score (nSPS) is 15.0. The lowest BCUT2D eigenvalue weighted by Gasteiger charge is -2.32. The van der Waals surface area contributed by atoms with Gasteiger partial charge in [0.1, 0.15) is 18.0 Å². The summed E-state index contributed by atoms with van der Waals surface area (Å²) in [6.45, 7) is 1.90. The Morgan fingerprint density at radius 1 is 1.13 bits per heavy atom. The van der Waals surface area contributed by atoms with E-state index in [1.54, 1.807) is 12.3 Å². The molecule has 8 heteroatoms. The van der Waals surface area contributed by atoms with Crippen molar-refractivity contribution >= 4 is 43.4 Å². The molecule has 6 nitrogen and oxygen atoms in total. The first kappa shape index (κ1) is 18.9. The standard InChI is InChI=1S/C22H20FN5OS/c23-16-5-3-6-17-18(16)19-20(30-17)21(27-13-26-19)28-10-7-14(8-11-28)22(29)25-12-15-4-1-2-9-24-15/h1-6,9,13-14H,7-8,10-12H2,(H,25,29). The molecule has 0 spiro atoms. The van der Waals surface area contributed by atoms with E-state index in [1.807, 2.05) is 24.3 Å². The zero-order valence-electron chi connectivity index (χ0n) is 16.2. The zero-order chi connectivity index (χ0) is 20.5. The SMILES string of the molecule is O=C(NCc1ccccn1)C1CCN(c2ncnc3c2sc2cccc(F)c23)CC1. The summed E-state index contributed by atoms with van der Waals surface area (Å²) in [5.41, 5.74) is 1.51. The van der Waals surface area contributed by atoms with E-state index in [9.17, 15) is 9.18 Å². The fourth-order valence-corrected chi connectivity index (χ4v) is 5.16. The molecule has 5 rings (SSSR count). The lowest BCUT2D eigenvalue weighted by atomic mass is 9.96. The number of carbonyl (C=O) groups is 1. The number of nitrogens with zero attached hydrogens (tertiary/aromatic N) is 4. The minimum absolute atomic E-state index is 0.0258. The van der Waals surface area contributed by atoms with Crippen LogP contribution in [-0.2, 0) is 11.3 Å². The molecule has 1 aliphatic rings. The van der Waals surface area contributed by atoms with E-state index >= 15 is 0 Å². The molecule has 4 aromatic rings. The van der Waals surface area contributed by atoms with Gasteiger partial charge < -0.3 is 10.2 Å². The van der Waals surface area contributed by atoms with Gasteiger partial charge in [0.15, 0.2) is 0 Å². The third-order valence-electron chi connectivity index (χ3n) is 5.54. The Balaban J connectivity index is 1.30. The van der Waals surface area contributed by atoms with Gasteiger partial charge in [-0.15, -0.1) is 11.3 Å². The zero-order valence-corrected chi connectivity index (χ0v) is 17.0. The van der Waals surface area contributed by atoms with Crippen LogP contribution in [0.4, 0.5) is 10.2 Å². The Kier molecular flexibility index (Phi) is 5.00. The maximum atomic E-state index is 14.3. The van der Waals surface area contributed by atoms with Crippen LogP contribution in [0.25, 0.3) is 20.3 Å². The monoisotopic (exact) mass is 421 g/mol. The fourth-order valence-electron chi connectivity index (χ4n) is 3.97. The Labute approximate surface area is 176 Å². The molecule has 1 amide bonds. The molecule has 152 valence electrons. The second-order valence-electron chi connectivity index (χ2n) is 7.39. The van der Waals surface area contributed by atoms with Crippen LogP contribution >= 0.6 is 11.3 Å². The maximum Gasteiger partial charge on any atom is 0.223 e. The lowest BCUT2D eigenvalue weighted by molar-refractivity contribution is -0.125. The first-order valence-corrected chi connectivity index (χ1v) is 10.8. The Bertz CT molecular complexity index is 1200. The number of hydrogen-bond acceptors (Lipinski definition) is 6. The molecule has 1 saturated heterocycles. The molecule has 3 aromatic heterocycles. The van der Waals surface area contributed by atoms with Gasteiger partial charge in [-0.2, -0.15) is 0 Å². The molecule has 0 unspecified atom stereocenters. The van der Waals surface area contributed by atoms with Crippen molar-refractivity contribution in [2.24, 2.45) is 5.92 Å². The van der Waals surface area contributed by atoms with Gasteiger partial charge in [0, 0.05) is 29.9 Å². The first-order chi connectivity index (χ1) is 14.7. The van der Waals surface area contributed by atoms with Crippen molar-refractivity contribution in [3.63, 3.8) is 0 Å². The molecular weight excluding hydrogens is 401 g/mol.